The summed E-state index contributed by atoms with van der Waals surface area (Å²) in [6.45, 7) is 5.64. The Balaban J connectivity index is 2.48. The van der Waals surface area contributed by atoms with Crippen LogP contribution in [0, 0.1) is 5.92 Å². The molecule has 2 amide bonds. The number of nitrogens with one attached hydrogen (secondary N) is 1. The average Bonchev–Trinajstić information content (AvgIpc) is 2.99. The van der Waals surface area contributed by atoms with E-state index in [4.69, 9.17) is 5.11 Å². The quantitative estimate of drug-likeness (QED) is 0.665. The molecule has 0 aliphatic heterocycles. The average molecular weight is 226 g/mol. The van der Waals surface area contributed by atoms with Crippen molar-refractivity contribution in [1.82, 2.24) is 10.2 Å². The smallest absolute Gasteiger partial charge is 0.323 e. The molecule has 5 heteroatoms. The summed E-state index contributed by atoms with van der Waals surface area (Å²) in [5.41, 5.74) is 0. The number of nitrogens with zero attached hydrogens (tertiary/aromatic N) is 1. The van der Waals surface area contributed by atoms with Crippen LogP contribution in [0.2, 0.25) is 0 Å². The molecule has 0 radical (unpaired) electrons. The Kier molecular flexibility index (Phi) is 4.34. The van der Waals surface area contributed by atoms with Crippen molar-refractivity contribution in [2.45, 2.75) is 25.8 Å². The molecule has 1 aliphatic carbocycles. The highest BCUT2D eigenvalue weighted by molar-refractivity contribution is 5.80. The van der Waals surface area contributed by atoms with E-state index in [9.17, 15) is 9.59 Å². The molecular formula is C11H18N2O3. The Morgan fingerprint density at radius 2 is 2.25 bits per heavy atom. The fourth-order valence-corrected chi connectivity index (χ4v) is 1.34. The summed E-state index contributed by atoms with van der Waals surface area (Å²) in [5, 5.41) is 11.4. The van der Waals surface area contributed by atoms with Crippen LogP contribution in [-0.2, 0) is 4.79 Å². The summed E-state index contributed by atoms with van der Waals surface area (Å²) in [7, 11) is 0. The molecule has 1 unspecified atom stereocenters. The molecule has 0 aromatic carbocycles. The lowest BCUT2D eigenvalue weighted by Gasteiger charge is -2.22. The number of urea groups is 1. The lowest BCUT2D eigenvalue weighted by atomic mass is 10.3. The number of amides is 2. The second kappa shape index (κ2) is 5.53. The summed E-state index contributed by atoms with van der Waals surface area (Å²) in [4.78, 5) is 23.7. The Bertz CT molecular complexity index is 287. The van der Waals surface area contributed by atoms with E-state index in [2.05, 4.69) is 11.9 Å². The van der Waals surface area contributed by atoms with Crippen LogP contribution in [-0.4, -0.2) is 41.1 Å². The largest absolute Gasteiger partial charge is 0.480 e. The molecule has 2 N–H and O–H groups in total. The molecule has 5 nitrogen and oxygen atoms in total. The second-order valence-electron chi connectivity index (χ2n) is 4.19. The third-order valence-corrected chi connectivity index (χ3v) is 2.49. The maximum absolute atomic E-state index is 11.7. The van der Waals surface area contributed by atoms with Gasteiger partial charge in [-0.3, -0.25) is 4.79 Å². The van der Waals surface area contributed by atoms with Gasteiger partial charge in [-0.25, -0.2) is 4.79 Å². The molecule has 0 aromatic rings. The molecule has 0 bridgehead atoms. The molecule has 0 saturated heterocycles. The van der Waals surface area contributed by atoms with Gasteiger partial charge in [0.15, 0.2) is 0 Å². The van der Waals surface area contributed by atoms with Crippen LogP contribution in [0.1, 0.15) is 19.8 Å². The van der Waals surface area contributed by atoms with Gasteiger partial charge in [0, 0.05) is 12.6 Å². The third-order valence-electron chi connectivity index (χ3n) is 2.49. The Hall–Kier alpha value is -1.52. The Labute approximate surface area is 95.1 Å². The van der Waals surface area contributed by atoms with E-state index in [1.54, 1.807) is 13.0 Å². The first kappa shape index (κ1) is 12.5. The molecule has 90 valence electrons. The van der Waals surface area contributed by atoms with E-state index < -0.39 is 5.97 Å². The van der Waals surface area contributed by atoms with Crippen molar-refractivity contribution in [1.29, 1.82) is 0 Å². The zero-order valence-electron chi connectivity index (χ0n) is 9.48. The lowest BCUT2D eigenvalue weighted by Crippen LogP contribution is -2.46. The molecular weight excluding hydrogens is 208 g/mol. The first-order valence-electron chi connectivity index (χ1n) is 5.42. The van der Waals surface area contributed by atoms with E-state index in [-0.39, 0.29) is 18.6 Å². The van der Waals surface area contributed by atoms with Crippen molar-refractivity contribution in [2.75, 3.05) is 13.1 Å². The highest BCUT2D eigenvalue weighted by atomic mass is 16.4. The highest BCUT2D eigenvalue weighted by Crippen LogP contribution is 2.29. The van der Waals surface area contributed by atoms with Gasteiger partial charge in [0.05, 0.1) is 0 Å². The van der Waals surface area contributed by atoms with Gasteiger partial charge in [-0.1, -0.05) is 6.08 Å². The summed E-state index contributed by atoms with van der Waals surface area (Å²) in [6, 6.07) is -0.482. The van der Waals surface area contributed by atoms with Crippen molar-refractivity contribution in [3.63, 3.8) is 0 Å². The normalized spacial score (nSPS) is 16.3. The van der Waals surface area contributed by atoms with Crippen molar-refractivity contribution in [3.8, 4) is 0 Å². The van der Waals surface area contributed by atoms with Crippen molar-refractivity contribution < 1.29 is 14.7 Å². The Morgan fingerprint density at radius 3 is 2.69 bits per heavy atom. The molecule has 0 aromatic heterocycles. The van der Waals surface area contributed by atoms with Crippen molar-refractivity contribution >= 4 is 12.0 Å². The molecule has 1 aliphatic rings. The number of carbonyl (C=O) groups excluding carboxylic acids is 1. The Morgan fingerprint density at radius 1 is 1.62 bits per heavy atom. The number of rotatable bonds is 6. The minimum atomic E-state index is -0.984. The zero-order chi connectivity index (χ0) is 12.1. The number of carbonyl (C=O) groups is 2. The van der Waals surface area contributed by atoms with E-state index in [0.29, 0.717) is 12.5 Å². The summed E-state index contributed by atoms with van der Waals surface area (Å²) in [6.07, 6.45) is 3.77. The van der Waals surface area contributed by atoms with E-state index in [0.717, 1.165) is 12.8 Å². The highest BCUT2D eigenvalue weighted by Gasteiger charge is 2.28. The monoisotopic (exact) mass is 226 g/mol. The molecule has 0 heterocycles. The van der Waals surface area contributed by atoms with Gasteiger partial charge < -0.3 is 15.3 Å². The first-order valence-corrected chi connectivity index (χ1v) is 5.42. The topological polar surface area (TPSA) is 69.6 Å². The number of aliphatic carboxylic acids is 1. The second-order valence-corrected chi connectivity index (χ2v) is 4.19. The molecule has 1 saturated carbocycles. The zero-order valence-corrected chi connectivity index (χ0v) is 9.48. The predicted octanol–water partition coefficient (Wildman–Crippen LogP) is 1.07. The van der Waals surface area contributed by atoms with Crippen LogP contribution in [0.3, 0.4) is 0 Å². The number of carboxylic acid groups (broad SMARTS) is 1. The van der Waals surface area contributed by atoms with Gasteiger partial charge in [0.2, 0.25) is 0 Å². The summed E-state index contributed by atoms with van der Waals surface area (Å²) >= 11 is 0. The van der Waals surface area contributed by atoms with Crippen molar-refractivity contribution in [3.05, 3.63) is 12.7 Å². The fraction of sp³-hybridized carbons (Fsp3) is 0.636. The minimum Gasteiger partial charge on any atom is -0.480 e. The van der Waals surface area contributed by atoms with Gasteiger partial charge in [-0.2, -0.15) is 0 Å². The van der Waals surface area contributed by atoms with Gasteiger partial charge >= 0.3 is 12.0 Å². The molecule has 1 rings (SSSR count). The van der Waals surface area contributed by atoms with Crippen LogP contribution in [0.5, 0.6) is 0 Å². The molecule has 0 spiro atoms. The van der Waals surface area contributed by atoms with E-state index in [1.165, 1.54) is 4.90 Å². The van der Waals surface area contributed by atoms with Gasteiger partial charge in [-0.05, 0) is 25.7 Å². The molecule has 1 atom stereocenters. The van der Waals surface area contributed by atoms with Crippen molar-refractivity contribution in [2.24, 2.45) is 5.92 Å². The summed E-state index contributed by atoms with van der Waals surface area (Å²) in [5.74, 6) is -0.508. The third kappa shape index (κ3) is 4.33. The minimum absolute atomic E-state index is 0.150. The first-order chi connectivity index (χ1) is 7.52. The SMILES string of the molecule is C=CC(C)NC(=O)N(CC(=O)O)CC1CC1. The number of hydrogen-bond acceptors (Lipinski definition) is 2. The molecule has 1 fully saturated rings. The van der Waals surface area contributed by atoms with Gasteiger partial charge in [-0.15, -0.1) is 6.58 Å². The van der Waals surface area contributed by atoms with Crippen LogP contribution >= 0.6 is 0 Å². The number of carboxylic acids is 1. The maximum atomic E-state index is 11.7. The predicted molar refractivity (Wildman–Crippen MR) is 60.1 cm³/mol. The van der Waals surface area contributed by atoms with Gasteiger partial charge in [0.1, 0.15) is 6.54 Å². The lowest BCUT2D eigenvalue weighted by molar-refractivity contribution is -0.137. The van der Waals surface area contributed by atoms with Crippen LogP contribution < -0.4 is 5.32 Å². The standard InChI is InChI=1S/C11H18N2O3/c1-3-8(2)12-11(16)13(7-10(14)15)6-9-4-5-9/h3,8-9H,1,4-7H2,2H3,(H,12,16)(H,14,15). The van der Waals surface area contributed by atoms with Crippen LogP contribution in [0.15, 0.2) is 12.7 Å². The van der Waals surface area contributed by atoms with E-state index in [1.807, 2.05) is 0 Å². The van der Waals surface area contributed by atoms with E-state index >= 15 is 0 Å². The number of hydrogen-bond donors (Lipinski definition) is 2. The molecule has 16 heavy (non-hydrogen) atoms. The fourth-order valence-electron chi connectivity index (χ4n) is 1.34. The van der Waals surface area contributed by atoms with Crippen LogP contribution in [0.25, 0.3) is 0 Å². The maximum Gasteiger partial charge on any atom is 0.323 e. The summed E-state index contributed by atoms with van der Waals surface area (Å²) < 4.78 is 0. The van der Waals surface area contributed by atoms with Crippen LogP contribution in [0.4, 0.5) is 4.79 Å². The van der Waals surface area contributed by atoms with Gasteiger partial charge in [0.25, 0.3) is 0 Å².